The van der Waals surface area contributed by atoms with Gasteiger partial charge in [-0.3, -0.25) is 4.79 Å². The van der Waals surface area contributed by atoms with E-state index >= 15 is 0 Å². The number of carbonyl (C=O) groups is 1. The van der Waals surface area contributed by atoms with E-state index in [1.165, 1.54) is 0 Å². The van der Waals surface area contributed by atoms with Crippen LogP contribution in [0, 0.1) is 5.92 Å². The highest BCUT2D eigenvalue weighted by atomic mass is 16.5. The SMILES string of the molecule is COc1ccc(NC2CCCC(C(=O)O)C2)cn1. The van der Waals surface area contributed by atoms with E-state index < -0.39 is 5.97 Å². The fourth-order valence-electron chi connectivity index (χ4n) is 2.37. The first-order chi connectivity index (χ1) is 8.69. The molecule has 1 fully saturated rings. The van der Waals surface area contributed by atoms with E-state index in [2.05, 4.69) is 10.3 Å². The number of pyridine rings is 1. The maximum atomic E-state index is 11.0. The Balaban J connectivity index is 1.93. The Morgan fingerprint density at radius 1 is 1.50 bits per heavy atom. The minimum absolute atomic E-state index is 0.218. The largest absolute Gasteiger partial charge is 0.481 e. The molecule has 0 saturated heterocycles. The Bertz CT molecular complexity index is 405. The van der Waals surface area contributed by atoms with E-state index in [1.54, 1.807) is 19.4 Å². The van der Waals surface area contributed by atoms with Gasteiger partial charge >= 0.3 is 5.97 Å². The molecule has 2 atom stereocenters. The number of aromatic nitrogens is 1. The van der Waals surface area contributed by atoms with Crippen molar-refractivity contribution in [1.82, 2.24) is 4.98 Å². The van der Waals surface area contributed by atoms with Crippen LogP contribution in [-0.2, 0) is 4.79 Å². The summed E-state index contributed by atoms with van der Waals surface area (Å²) in [7, 11) is 1.58. The molecule has 0 bridgehead atoms. The average molecular weight is 250 g/mol. The second-order valence-corrected chi connectivity index (χ2v) is 4.63. The van der Waals surface area contributed by atoms with Gasteiger partial charge in [-0.2, -0.15) is 0 Å². The van der Waals surface area contributed by atoms with Crippen LogP contribution in [0.25, 0.3) is 0 Å². The quantitative estimate of drug-likeness (QED) is 0.856. The standard InChI is InChI=1S/C13H18N2O3/c1-18-12-6-5-11(8-14-12)15-10-4-2-3-9(7-10)13(16)17/h5-6,8-10,15H,2-4,7H2,1H3,(H,16,17). The molecule has 1 aliphatic carbocycles. The fourth-order valence-corrected chi connectivity index (χ4v) is 2.37. The number of hydrogen-bond acceptors (Lipinski definition) is 4. The summed E-state index contributed by atoms with van der Waals surface area (Å²) < 4.78 is 4.99. The van der Waals surface area contributed by atoms with E-state index in [0.29, 0.717) is 12.3 Å². The molecule has 1 aromatic heterocycles. The normalized spacial score (nSPS) is 23.4. The lowest BCUT2D eigenvalue weighted by atomic mass is 9.86. The Kier molecular flexibility index (Phi) is 4.02. The molecule has 2 unspecified atom stereocenters. The van der Waals surface area contributed by atoms with Gasteiger partial charge in [0.05, 0.1) is 24.9 Å². The van der Waals surface area contributed by atoms with Gasteiger partial charge < -0.3 is 15.2 Å². The van der Waals surface area contributed by atoms with Crippen molar-refractivity contribution in [3.8, 4) is 5.88 Å². The van der Waals surface area contributed by atoms with Crippen LogP contribution in [0.5, 0.6) is 5.88 Å². The van der Waals surface area contributed by atoms with E-state index in [-0.39, 0.29) is 12.0 Å². The zero-order valence-corrected chi connectivity index (χ0v) is 10.4. The van der Waals surface area contributed by atoms with E-state index in [4.69, 9.17) is 9.84 Å². The Labute approximate surface area is 106 Å². The van der Waals surface area contributed by atoms with Crippen molar-refractivity contribution in [2.24, 2.45) is 5.92 Å². The molecule has 5 nitrogen and oxygen atoms in total. The maximum absolute atomic E-state index is 11.0. The number of anilines is 1. The third-order valence-electron chi connectivity index (χ3n) is 3.34. The van der Waals surface area contributed by atoms with Crippen LogP contribution in [0.3, 0.4) is 0 Å². The number of nitrogens with one attached hydrogen (secondary N) is 1. The van der Waals surface area contributed by atoms with Crippen molar-refractivity contribution in [3.63, 3.8) is 0 Å². The van der Waals surface area contributed by atoms with Crippen molar-refractivity contribution >= 4 is 11.7 Å². The minimum Gasteiger partial charge on any atom is -0.481 e. The summed E-state index contributed by atoms with van der Waals surface area (Å²) in [5.74, 6) is -0.329. The molecule has 1 aliphatic rings. The van der Waals surface area contributed by atoms with Crippen LogP contribution < -0.4 is 10.1 Å². The first-order valence-electron chi connectivity index (χ1n) is 6.18. The van der Waals surface area contributed by atoms with Gasteiger partial charge in [0.2, 0.25) is 5.88 Å². The molecule has 0 aromatic carbocycles. The van der Waals surface area contributed by atoms with Gasteiger partial charge in [-0.1, -0.05) is 6.42 Å². The Hall–Kier alpha value is -1.78. The fraction of sp³-hybridized carbons (Fsp3) is 0.538. The van der Waals surface area contributed by atoms with Gasteiger partial charge in [0.1, 0.15) is 0 Å². The number of hydrogen-bond donors (Lipinski definition) is 2. The number of nitrogens with zero attached hydrogens (tertiary/aromatic N) is 1. The van der Waals surface area contributed by atoms with Crippen LogP contribution in [0.2, 0.25) is 0 Å². The summed E-state index contributed by atoms with van der Waals surface area (Å²) in [5.41, 5.74) is 0.909. The monoisotopic (exact) mass is 250 g/mol. The number of rotatable bonds is 4. The maximum Gasteiger partial charge on any atom is 0.306 e. The molecule has 0 aliphatic heterocycles. The topological polar surface area (TPSA) is 71.5 Å². The number of aliphatic carboxylic acids is 1. The minimum atomic E-state index is -0.686. The zero-order chi connectivity index (χ0) is 13.0. The predicted molar refractivity (Wildman–Crippen MR) is 67.8 cm³/mol. The van der Waals surface area contributed by atoms with Crippen LogP contribution >= 0.6 is 0 Å². The van der Waals surface area contributed by atoms with Gasteiger partial charge in [-0.05, 0) is 25.3 Å². The highest BCUT2D eigenvalue weighted by molar-refractivity contribution is 5.70. The molecule has 0 radical (unpaired) electrons. The molecule has 1 saturated carbocycles. The molecule has 1 aromatic rings. The van der Waals surface area contributed by atoms with Crippen LogP contribution in [0.15, 0.2) is 18.3 Å². The Morgan fingerprint density at radius 2 is 2.33 bits per heavy atom. The molecule has 0 amide bonds. The van der Waals surface area contributed by atoms with Gasteiger partial charge in [-0.15, -0.1) is 0 Å². The first kappa shape index (κ1) is 12.7. The van der Waals surface area contributed by atoms with Gasteiger partial charge in [0.25, 0.3) is 0 Å². The first-order valence-corrected chi connectivity index (χ1v) is 6.18. The molecule has 2 rings (SSSR count). The summed E-state index contributed by atoms with van der Waals surface area (Å²) in [6.07, 6.45) is 5.15. The second-order valence-electron chi connectivity index (χ2n) is 4.63. The molecule has 2 N–H and O–H groups in total. The van der Waals surface area contributed by atoms with Crippen molar-refractivity contribution < 1.29 is 14.6 Å². The van der Waals surface area contributed by atoms with Gasteiger partial charge in [-0.25, -0.2) is 4.98 Å². The van der Waals surface area contributed by atoms with Crippen molar-refractivity contribution in [2.75, 3.05) is 12.4 Å². The summed E-state index contributed by atoms with van der Waals surface area (Å²) in [5, 5.41) is 12.4. The predicted octanol–water partition coefficient (Wildman–Crippen LogP) is 2.15. The van der Waals surface area contributed by atoms with Crippen molar-refractivity contribution in [1.29, 1.82) is 0 Å². The third kappa shape index (κ3) is 3.12. The summed E-state index contributed by atoms with van der Waals surface area (Å²) >= 11 is 0. The zero-order valence-electron chi connectivity index (χ0n) is 10.4. The van der Waals surface area contributed by atoms with E-state index in [0.717, 1.165) is 24.9 Å². The lowest BCUT2D eigenvalue weighted by Gasteiger charge is -2.28. The highest BCUT2D eigenvalue weighted by Crippen LogP contribution is 2.27. The molecule has 5 heteroatoms. The van der Waals surface area contributed by atoms with E-state index in [1.807, 2.05) is 6.07 Å². The lowest BCUT2D eigenvalue weighted by molar-refractivity contribution is -0.142. The molecular weight excluding hydrogens is 232 g/mol. The highest BCUT2D eigenvalue weighted by Gasteiger charge is 2.26. The number of ether oxygens (including phenoxy) is 1. The molecule has 0 spiro atoms. The van der Waals surface area contributed by atoms with Crippen LogP contribution in [-0.4, -0.2) is 29.2 Å². The molecular formula is C13H18N2O3. The summed E-state index contributed by atoms with van der Waals surface area (Å²) in [4.78, 5) is 15.1. The molecule has 18 heavy (non-hydrogen) atoms. The Morgan fingerprint density at radius 3 is 2.94 bits per heavy atom. The van der Waals surface area contributed by atoms with E-state index in [9.17, 15) is 4.79 Å². The van der Waals surface area contributed by atoms with Crippen molar-refractivity contribution in [2.45, 2.75) is 31.7 Å². The smallest absolute Gasteiger partial charge is 0.306 e. The molecule has 98 valence electrons. The van der Waals surface area contributed by atoms with Crippen molar-refractivity contribution in [3.05, 3.63) is 18.3 Å². The number of carboxylic acid groups (broad SMARTS) is 1. The molecule has 1 heterocycles. The van der Waals surface area contributed by atoms with Gasteiger partial charge in [0.15, 0.2) is 0 Å². The van der Waals surface area contributed by atoms with Crippen LogP contribution in [0.1, 0.15) is 25.7 Å². The van der Waals surface area contributed by atoms with Crippen LogP contribution in [0.4, 0.5) is 5.69 Å². The average Bonchev–Trinajstić information content (AvgIpc) is 2.40. The summed E-state index contributed by atoms with van der Waals surface area (Å²) in [6.45, 7) is 0. The summed E-state index contributed by atoms with van der Waals surface area (Å²) in [6, 6.07) is 3.91. The van der Waals surface area contributed by atoms with Gasteiger partial charge in [0, 0.05) is 12.1 Å². The number of carboxylic acids is 1. The lowest BCUT2D eigenvalue weighted by Crippen LogP contribution is -2.30. The number of methoxy groups -OCH3 is 1. The third-order valence-corrected chi connectivity index (χ3v) is 3.34. The second kappa shape index (κ2) is 5.71.